The number of aromatic nitrogens is 2. The third-order valence-electron chi connectivity index (χ3n) is 3.54. The zero-order valence-electron chi connectivity index (χ0n) is 11.9. The van der Waals surface area contributed by atoms with E-state index >= 15 is 0 Å². The van der Waals surface area contributed by atoms with Gasteiger partial charge in [0.25, 0.3) is 0 Å². The molecule has 0 fully saturated rings. The molecular formula is C18H11F2N3. The number of nitrogens with one attached hydrogen (secondary N) is 1. The molecule has 4 aromatic rings. The van der Waals surface area contributed by atoms with Gasteiger partial charge in [0.1, 0.15) is 0 Å². The van der Waals surface area contributed by atoms with Gasteiger partial charge in [-0.05, 0) is 30.3 Å². The Bertz CT molecular complexity index is 1020. The monoisotopic (exact) mass is 307 g/mol. The van der Waals surface area contributed by atoms with Crippen molar-refractivity contribution in [2.24, 2.45) is 0 Å². The maximum absolute atomic E-state index is 13.4. The molecule has 1 aromatic heterocycles. The fourth-order valence-electron chi connectivity index (χ4n) is 2.44. The lowest BCUT2D eigenvalue weighted by molar-refractivity contribution is 0.510. The molecule has 0 aliphatic heterocycles. The number of rotatable bonds is 2. The summed E-state index contributed by atoms with van der Waals surface area (Å²) in [6.45, 7) is 0. The van der Waals surface area contributed by atoms with Gasteiger partial charge in [-0.1, -0.05) is 18.2 Å². The van der Waals surface area contributed by atoms with E-state index in [1.807, 2.05) is 42.5 Å². The number of hydrogen-bond acceptors (Lipinski definition) is 3. The van der Waals surface area contributed by atoms with Crippen LogP contribution in [-0.4, -0.2) is 9.97 Å². The molecule has 0 atom stereocenters. The fraction of sp³-hybridized carbons (Fsp3) is 0. The number of halogens is 2. The molecule has 0 aliphatic carbocycles. The van der Waals surface area contributed by atoms with Gasteiger partial charge in [0.05, 0.1) is 22.1 Å². The second kappa shape index (κ2) is 5.28. The first-order chi connectivity index (χ1) is 11.2. The number of benzene rings is 3. The molecule has 0 bridgehead atoms. The third-order valence-corrected chi connectivity index (χ3v) is 3.54. The highest BCUT2D eigenvalue weighted by Gasteiger charge is 2.08. The van der Waals surface area contributed by atoms with Gasteiger partial charge in [0.2, 0.25) is 0 Å². The van der Waals surface area contributed by atoms with Crippen molar-refractivity contribution in [3.8, 4) is 0 Å². The van der Waals surface area contributed by atoms with E-state index in [-0.39, 0.29) is 0 Å². The van der Waals surface area contributed by atoms with Crippen molar-refractivity contribution in [2.45, 2.75) is 0 Å². The molecule has 0 radical (unpaired) electrons. The Balaban J connectivity index is 1.81. The van der Waals surface area contributed by atoms with Crippen molar-refractivity contribution in [3.05, 3.63) is 72.3 Å². The van der Waals surface area contributed by atoms with Crippen LogP contribution in [-0.2, 0) is 0 Å². The average molecular weight is 307 g/mol. The smallest absolute Gasteiger partial charge is 0.161 e. The predicted molar refractivity (Wildman–Crippen MR) is 86.7 cm³/mol. The van der Waals surface area contributed by atoms with Crippen LogP contribution in [0.2, 0.25) is 0 Å². The van der Waals surface area contributed by atoms with Crippen LogP contribution in [0.1, 0.15) is 0 Å². The molecule has 3 nitrogen and oxygen atoms in total. The summed E-state index contributed by atoms with van der Waals surface area (Å²) < 4.78 is 26.7. The molecule has 4 rings (SSSR count). The van der Waals surface area contributed by atoms with Crippen LogP contribution in [0.25, 0.3) is 22.1 Å². The Morgan fingerprint density at radius 2 is 1.22 bits per heavy atom. The molecular weight excluding hydrogens is 296 g/mol. The first-order valence-corrected chi connectivity index (χ1v) is 7.08. The van der Waals surface area contributed by atoms with E-state index in [0.717, 1.165) is 23.5 Å². The molecule has 0 saturated heterocycles. The van der Waals surface area contributed by atoms with Gasteiger partial charge >= 0.3 is 0 Å². The quantitative estimate of drug-likeness (QED) is 0.540. The van der Waals surface area contributed by atoms with Gasteiger partial charge in [-0.3, -0.25) is 0 Å². The number of para-hydroxylation sites is 1. The van der Waals surface area contributed by atoms with E-state index in [0.29, 0.717) is 22.1 Å². The van der Waals surface area contributed by atoms with Gasteiger partial charge in [-0.2, -0.15) is 0 Å². The highest BCUT2D eigenvalue weighted by molar-refractivity contribution is 5.88. The Morgan fingerprint density at radius 1 is 0.609 bits per heavy atom. The zero-order chi connectivity index (χ0) is 15.8. The van der Waals surface area contributed by atoms with Crippen LogP contribution in [0.3, 0.4) is 0 Å². The van der Waals surface area contributed by atoms with E-state index in [9.17, 15) is 8.78 Å². The molecule has 23 heavy (non-hydrogen) atoms. The summed E-state index contributed by atoms with van der Waals surface area (Å²) in [5, 5.41) is 3.26. The summed E-state index contributed by atoms with van der Waals surface area (Å²) in [7, 11) is 0. The number of hydrogen-bond donors (Lipinski definition) is 1. The van der Waals surface area contributed by atoms with Gasteiger partial charge in [-0.15, -0.1) is 0 Å². The van der Waals surface area contributed by atoms with Crippen LogP contribution in [0.15, 0.2) is 60.7 Å². The molecule has 1 N–H and O–H groups in total. The zero-order valence-corrected chi connectivity index (χ0v) is 11.9. The summed E-state index contributed by atoms with van der Waals surface area (Å²) in [5.41, 5.74) is 3.70. The number of anilines is 2. The van der Waals surface area contributed by atoms with Crippen LogP contribution < -0.4 is 5.32 Å². The Morgan fingerprint density at radius 3 is 1.91 bits per heavy atom. The van der Waals surface area contributed by atoms with Gasteiger partial charge in [0.15, 0.2) is 11.6 Å². The molecule has 0 spiro atoms. The Kier molecular flexibility index (Phi) is 3.12. The Labute approximate surface area is 130 Å². The first-order valence-electron chi connectivity index (χ1n) is 7.08. The number of fused-ring (bicyclic) bond motifs is 2. The van der Waals surface area contributed by atoms with E-state index in [2.05, 4.69) is 15.3 Å². The van der Waals surface area contributed by atoms with Crippen molar-refractivity contribution in [1.82, 2.24) is 9.97 Å². The van der Waals surface area contributed by atoms with Crippen molar-refractivity contribution < 1.29 is 8.78 Å². The lowest BCUT2D eigenvalue weighted by atomic mass is 10.2. The van der Waals surface area contributed by atoms with E-state index in [1.54, 1.807) is 6.07 Å². The third kappa shape index (κ3) is 2.57. The lowest BCUT2D eigenvalue weighted by Gasteiger charge is -2.08. The molecule has 112 valence electrons. The Hall–Kier alpha value is -3.08. The van der Waals surface area contributed by atoms with Crippen molar-refractivity contribution in [3.63, 3.8) is 0 Å². The maximum atomic E-state index is 13.4. The summed E-state index contributed by atoms with van der Waals surface area (Å²) in [5.74, 6) is -1.85. The minimum Gasteiger partial charge on any atom is -0.355 e. The van der Waals surface area contributed by atoms with E-state index in [4.69, 9.17) is 0 Å². The molecule has 1 heterocycles. The standard InChI is InChI=1S/C18H11F2N3/c19-13-9-17-18(10-14(13)20)23-16-8-12(6-7-15(16)22-17)21-11-4-2-1-3-5-11/h1-10,21H. The van der Waals surface area contributed by atoms with E-state index in [1.165, 1.54) is 0 Å². The minimum absolute atomic E-state index is 0.327. The fourth-order valence-corrected chi connectivity index (χ4v) is 2.44. The summed E-state index contributed by atoms with van der Waals surface area (Å²) >= 11 is 0. The molecule has 0 saturated carbocycles. The van der Waals surface area contributed by atoms with Crippen molar-refractivity contribution >= 4 is 33.4 Å². The SMILES string of the molecule is Fc1cc2nc3ccc(Nc4ccccc4)cc3nc2cc1F. The molecule has 3 aromatic carbocycles. The van der Waals surface area contributed by atoms with E-state index < -0.39 is 11.6 Å². The number of nitrogens with zero attached hydrogens (tertiary/aromatic N) is 2. The highest BCUT2D eigenvalue weighted by Crippen LogP contribution is 2.23. The molecule has 0 amide bonds. The second-order valence-corrected chi connectivity index (χ2v) is 5.17. The summed E-state index contributed by atoms with van der Waals surface area (Å²) in [6.07, 6.45) is 0. The largest absolute Gasteiger partial charge is 0.355 e. The first kappa shape index (κ1) is 13.6. The average Bonchev–Trinajstić information content (AvgIpc) is 2.55. The van der Waals surface area contributed by atoms with Crippen LogP contribution in [0.4, 0.5) is 20.2 Å². The van der Waals surface area contributed by atoms with Gasteiger partial charge < -0.3 is 5.32 Å². The second-order valence-electron chi connectivity index (χ2n) is 5.17. The predicted octanol–water partition coefficient (Wildman–Crippen LogP) is 4.80. The van der Waals surface area contributed by atoms with Crippen molar-refractivity contribution in [2.75, 3.05) is 5.32 Å². The molecule has 0 aliphatic rings. The summed E-state index contributed by atoms with van der Waals surface area (Å²) in [6, 6.07) is 17.4. The van der Waals surface area contributed by atoms with Crippen LogP contribution in [0, 0.1) is 11.6 Å². The van der Waals surface area contributed by atoms with Crippen LogP contribution >= 0.6 is 0 Å². The normalized spacial score (nSPS) is 11.0. The minimum atomic E-state index is -0.926. The summed E-state index contributed by atoms with van der Waals surface area (Å²) in [4.78, 5) is 8.70. The molecule has 5 heteroatoms. The van der Waals surface area contributed by atoms with Gasteiger partial charge in [-0.25, -0.2) is 18.7 Å². The maximum Gasteiger partial charge on any atom is 0.161 e. The van der Waals surface area contributed by atoms with Crippen molar-refractivity contribution in [1.29, 1.82) is 0 Å². The topological polar surface area (TPSA) is 37.8 Å². The molecule has 0 unspecified atom stereocenters. The lowest BCUT2D eigenvalue weighted by Crippen LogP contribution is -1.94. The highest BCUT2D eigenvalue weighted by atomic mass is 19.2. The van der Waals surface area contributed by atoms with Crippen LogP contribution in [0.5, 0.6) is 0 Å². The van der Waals surface area contributed by atoms with Gasteiger partial charge in [0, 0.05) is 23.5 Å².